The number of anilines is 1. The monoisotopic (exact) mass is 475 g/mol. The number of aliphatic carboxylic acids is 1. The Kier molecular flexibility index (Phi) is 8.61. The maximum atomic E-state index is 12.8. The number of carboxylic acids is 1. The van der Waals surface area contributed by atoms with E-state index in [1.807, 2.05) is 50.6 Å². The van der Waals surface area contributed by atoms with Crippen molar-refractivity contribution in [1.29, 1.82) is 0 Å². The molecule has 4 N–H and O–H groups in total. The lowest BCUT2D eigenvalue weighted by molar-refractivity contribution is -0.143. The first-order chi connectivity index (χ1) is 15.4. The summed E-state index contributed by atoms with van der Waals surface area (Å²) in [6, 6.07) is 10.5. The summed E-state index contributed by atoms with van der Waals surface area (Å²) >= 11 is 0. The Hall–Kier alpha value is -3.37. The van der Waals surface area contributed by atoms with Gasteiger partial charge in [-0.15, -0.1) is 0 Å². The minimum atomic E-state index is -4.20. The first-order valence-corrected chi connectivity index (χ1v) is 11.8. The second-order valence-corrected chi connectivity index (χ2v) is 9.65. The maximum absolute atomic E-state index is 12.8. The lowest BCUT2D eigenvalue weighted by Gasteiger charge is -2.20. The molecule has 0 aromatic heterocycles. The molecule has 0 fully saturated rings. The van der Waals surface area contributed by atoms with E-state index in [2.05, 4.69) is 17.4 Å². The van der Waals surface area contributed by atoms with Crippen molar-refractivity contribution in [3.05, 3.63) is 65.7 Å². The summed E-state index contributed by atoms with van der Waals surface area (Å²) in [5.74, 6) is -0.940. The predicted molar refractivity (Wildman–Crippen MR) is 126 cm³/mol. The third-order valence-electron chi connectivity index (χ3n) is 4.72. The first kappa shape index (κ1) is 25.9. The quantitative estimate of drug-likeness (QED) is 0.381. The molecule has 2 aromatic carbocycles. The highest BCUT2D eigenvalue weighted by Gasteiger charge is 2.21. The third kappa shape index (κ3) is 7.06. The summed E-state index contributed by atoms with van der Waals surface area (Å²) in [4.78, 5) is 27.8. The summed E-state index contributed by atoms with van der Waals surface area (Å²) in [7, 11) is -4.20. The van der Waals surface area contributed by atoms with Crippen LogP contribution in [0.15, 0.2) is 53.9 Å². The molecule has 0 aliphatic rings. The van der Waals surface area contributed by atoms with Crippen molar-refractivity contribution in [3.63, 3.8) is 0 Å². The zero-order valence-corrected chi connectivity index (χ0v) is 19.8. The second-order valence-electron chi connectivity index (χ2n) is 7.97. The average Bonchev–Trinajstić information content (AvgIpc) is 2.72. The van der Waals surface area contributed by atoms with Crippen molar-refractivity contribution in [2.24, 2.45) is 0 Å². The number of para-hydroxylation sites is 1. The van der Waals surface area contributed by atoms with Crippen molar-refractivity contribution in [2.75, 3.05) is 11.9 Å². The minimum Gasteiger partial charge on any atom is -0.479 e. The van der Waals surface area contributed by atoms with Crippen LogP contribution < -0.4 is 15.5 Å². The molecule has 9 nitrogen and oxygen atoms in total. The number of carbonyl (C=O) groups is 2. The van der Waals surface area contributed by atoms with E-state index in [1.165, 1.54) is 18.2 Å². The molecule has 0 aliphatic heterocycles. The van der Waals surface area contributed by atoms with Crippen molar-refractivity contribution in [3.8, 4) is 0 Å². The number of urea groups is 1. The van der Waals surface area contributed by atoms with Crippen LogP contribution in [-0.2, 0) is 19.7 Å². The smallest absolute Gasteiger partial charge is 0.333 e. The van der Waals surface area contributed by atoms with Gasteiger partial charge in [-0.1, -0.05) is 64.6 Å². The van der Waals surface area contributed by atoms with Crippen LogP contribution in [0, 0.1) is 0 Å². The molecular weight excluding hydrogens is 446 g/mol. The number of hydroxylamine groups is 1. The van der Waals surface area contributed by atoms with Crippen LogP contribution in [-0.4, -0.2) is 32.1 Å². The normalized spacial score (nSPS) is 11.3. The van der Waals surface area contributed by atoms with Gasteiger partial charge in [0.25, 0.3) is 10.0 Å². The Labute approximate surface area is 193 Å². The van der Waals surface area contributed by atoms with E-state index in [4.69, 9.17) is 9.94 Å². The number of benzene rings is 2. The molecule has 10 heteroatoms. The van der Waals surface area contributed by atoms with Crippen molar-refractivity contribution >= 4 is 33.4 Å². The summed E-state index contributed by atoms with van der Waals surface area (Å²) in [6.45, 7) is 11.1. The average molecular weight is 476 g/mol. The van der Waals surface area contributed by atoms with E-state index in [-0.39, 0.29) is 22.4 Å². The van der Waals surface area contributed by atoms with Gasteiger partial charge in [0, 0.05) is 11.3 Å². The number of rotatable bonds is 10. The van der Waals surface area contributed by atoms with Crippen LogP contribution in [0.5, 0.6) is 0 Å². The van der Waals surface area contributed by atoms with Gasteiger partial charge in [-0.25, -0.2) is 22.7 Å². The predicted octanol–water partition coefficient (Wildman–Crippen LogP) is 4.02. The van der Waals surface area contributed by atoms with E-state index < -0.39 is 28.6 Å². The van der Waals surface area contributed by atoms with Gasteiger partial charge in [-0.05, 0) is 35.1 Å². The summed E-state index contributed by atoms with van der Waals surface area (Å²) in [6.07, 6.45) is 0. The third-order valence-corrected chi connectivity index (χ3v) is 6.05. The van der Waals surface area contributed by atoms with Gasteiger partial charge in [0.2, 0.25) is 0 Å². The molecule has 0 saturated carbocycles. The molecule has 0 atom stereocenters. The van der Waals surface area contributed by atoms with Gasteiger partial charge in [0.1, 0.15) is 0 Å². The molecule has 2 amide bonds. The molecule has 0 saturated heterocycles. The van der Waals surface area contributed by atoms with Gasteiger partial charge in [-0.3, -0.25) is 10.3 Å². The number of sulfonamides is 1. The molecule has 2 aromatic rings. The van der Waals surface area contributed by atoms with Crippen molar-refractivity contribution in [2.45, 2.75) is 44.4 Å². The van der Waals surface area contributed by atoms with Crippen LogP contribution in [0.25, 0.3) is 5.70 Å². The zero-order chi connectivity index (χ0) is 24.8. The molecule has 2 rings (SSSR count). The number of nitrogens with one attached hydrogen (secondary N) is 3. The molecule has 178 valence electrons. The van der Waals surface area contributed by atoms with Crippen LogP contribution in [0.1, 0.15) is 56.2 Å². The molecule has 33 heavy (non-hydrogen) atoms. The molecular formula is C23H29N3O6S. The standard InChI is InChI=1S/C23H29N3O6S/c1-14(2)19-10-7-11-20(15(3)4)22(19)24-23(29)26-33(30,31)18-9-6-8-17(12-18)16(5)25-32-13-21(27)28/h6-12,14-15,25H,5,13H2,1-4H3,(H,27,28)(H2,24,26,29). The molecule has 0 aliphatic carbocycles. The fraction of sp³-hybridized carbons (Fsp3) is 0.304. The van der Waals surface area contributed by atoms with Gasteiger partial charge in [-0.2, -0.15) is 0 Å². The highest BCUT2D eigenvalue weighted by atomic mass is 32.2. The lowest BCUT2D eigenvalue weighted by Crippen LogP contribution is -2.35. The van der Waals surface area contributed by atoms with Crippen LogP contribution in [0.4, 0.5) is 10.5 Å². The van der Waals surface area contributed by atoms with Crippen LogP contribution in [0.2, 0.25) is 0 Å². The Bertz CT molecular complexity index is 1120. The zero-order valence-electron chi connectivity index (χ0n) is 19.0. The van der Waals surface area contributed by atoms with Crippen LogP contribution in [0.3, 0.4) is 0 Å². The van der Waals surface area contributed by atoms with Gasteiger partial charge in [0.05, 0.1) is 10.6 Å². The maximum Gasteiger partial charge on any atom is 0.333 e. The molecule has 0 radical (unpaired) electrons. The first-order valence-electron chi connectivity index (χ1n) is 10.3. The Morgan fingerprint density at radius 1 is 1.03 bits per heavy atom. The van der Waals surface area contributed by atoms with E-state index in [0.29, 0.717) is 11.3 Å². The Balaban J connectivity index is 2.21. The number of carboxylic acid groups (broad SMARTS) is 1. The number of amides is 2. The van der Waals surface area contributed by atoms with Gasteiger partial charge in [0.15, 0.2) is 6.61 Å². The summed E-state index contributed by atoms with van der Waals surface area (Å²) < 4.78 is 27.7. The highest BCUT2D eigenvalue weighted by Crippen LogP contribution is 2.32. The molecule has 0 bridgehead atoms. The summed E-state index contributed by atoms with van der Waals surface area (Å²) in [5, 5.41) is 11.3. The number of hydrogen-bond donors (Lipinski definition) is 4. The van der Waals surface area contributed by atoms with Gasteiger partial charge < -0.3 is 10.4 Å². The number of carbonyl (C=O) groups excluding carboxylic acids is 1. The van der Waals surface area contributed by atoms with E-state index in [1.54, 1.807) is 6.07 Å². The second kappa shape index (κ2) is 11.0. The molecule has 0 heterocycles. The van der Waals surface area contributed by atoms with Crippen molar-refractivity contribution in [1.82, 2.24) is 10.2 Å². The highest BCUT2D eigenvalue weighted by molar-refractivity contribution is 7.90. The topological polar surface area (TPSA) is 134 Å². The lowest BCUT2D eigenvalue weighted by atomic mass is 9.93. The fourth-order valence-corrected chi connectivity index (χ4v) is 4.06. The van der Waals surface area contributed by atoms with Crippen LogP contribution >= 0.6 is 0 Å². The minimum absolute atomic E-state index is 0.120. The largest absolute Gasteiger partial charge is 0.479 e. The molecule has 0 spiro atoms. The molecule has 0 unspecified atom stereocenters. The van der Waals surface area contributed by atoms with Gasteiger partial charge >= 0.3 is 12.0 Å². The SMILES string of the molecule is C=C(NOCC(=O)O)c1cccc(S(=O)(=O)NC(=O)Nc2c(C(C)C)cccc2C(C)C)c1. The Morgan fingerprint density at radius 2 is 1.61 bits per heavy atom. The Morgan fingerprint density at radius 3 is 2.15 bits per heavy atom. The fourth-order valence-electron chi connectivity index (χ4n) is 3.11. The number of hydrogen-bond acceptors (Lipinski definition) is 6. The van der Waals surface area contributed by atoms with E-state index in [0.717, 1.165) is 11.1 Å². The summed E-state index contributed by atoms with van der Waals surface area (Å²) in [5.41, 5.74) is 5.25. The van der Waals surface area contributed by atoms with Crippen molar-refractivity contribution < 1.29 is 28.0 Å². The van der Waals surface area contributed by atoms with E-state index in [9.17, 15) is 18.0 Å². The van der Waals surface area contributed by atoms with E-state index >= 15 is 0 Å².